The Bertz CT molecular complexity index is 868. The van der Waals surface area contributed by atoms with Crippen molar-refractivity contribution in [2.24, 2.45) is 5.73 Å². The third-order valence-corrected chi connectivity index (χ3v) is 5.48. The third kappa shape index (κ3) is 3.40. The molecule has 2 aliphatic heterocycles. The van der Waals surface area contributed by atoms with Gasteiger partial charge in [0.1, 0.15) is 0 Å². The van der Waals surface area contributed by atoms with Gasteiger partial charge in [-0.05, 0) is 23.8 Å². The van der Waals surface area contributed by atoms with Crippen molar-refractivity contribution in [2.45, 2.75) is 18.4 Å². The van der Waals surface area contributed by atoms with Crippen molar-refractivity contribution in [3.05, 3.63) is 59.7 Å². The summed E-state index contributed by atoms with van der Waals surface area (Å²) in [5.41, 5.74) is 9.68. The minimum Gasteiger partial charge on any atom is -0.372 e. The Balaban J connectivity index is 1.56. The topological polar surface area (TPSA) is 78.7 Å². The van der Waals surface area contributed by atoms with Crippen molar-refractivity contribution in [2.75, 3.05) is 36.9 Å². The van der Waals surface area contributed by atoms with Crippen LogP contribution in [0.15, 0.2) is 48.5 Å². The normalized spacial score (nSPS) is 22.2. The maximum absolute atomic E-state index is 13.0. The van der Waals surface area contributed by atoms with Gasteiger partial charge in [0.2, 0.25) is 5.91 Å². The van der Waals surface area contributed by atoms with E-state index in [9.17, 15) is 9.59 Å². The molecule has 6 heteroatoms. The Kier molecular flexibility index (Phi) is 4.58. The number of likely N-dealkylation sites (tertiary alicyclic amines) is 1. The van der Waals surface area contributed by atoms with Crippen molar-refractivity contribution in [3.8, 4) is 0 Å². The van der Waals surface area contributed by atoms with Gasteiger partial charge in [-0.15, -0.1) is 0 Å². The van der Waals surface area contributed by atoms with Crippen LogP contribution in [0.2, 0.25) is 0 Å². The van der Waals surface area contributed by atoms with Crippen molar-refractivity contribution in [3.63, 3.8) is 0 Å². The number of benzene rings is 2. The molecule has 3 N–H and O–H groups in total. The van der Waals surface area contributed by atoms with E-state index in [2.05, 4.69) is 17.4 Å². The van der Waals surface area contributed by atoms with Crippen LogP contribution in [0.5, 0.6) is 0 Å². The fourth-order valence-electron chi connectivity index (χ4n) is 3.93. The number of hydrogen-bond acceptors (Lipinski definition) is 4. The van der Waals surface area contributed by atoms with E-state index in [0.29, 0.717) is 37.3 Å². The number of nitrogens with one attached hydrogen (secondary N) is 1. The van der Waals surface area contributed by atoms with Gasteiger partial charge >= 0.3 is 0 Å². The molecule has 0 bridgehead atoms. The fraction of sp³-hybridized carbons (Fsp3) is 0.333. The van der Waals surface area contributed by atoms with Crippen LogP contribution in [0.25, 0.3) is 0 Å². The predicted octanol–water partition coefficient (Wildman–Crippen LogP) is 2.03. The summed E-state index contributed by atoms with van der Waals surface area (Å²) in [6.45, 7) is 1.79. The van der Waals surface area contributed by atoms with E-state index in [0.717, 1.165) is 11.3 Å². The van der Waals surface area contributed by atoms with Gasteiger partial charge in [0.05, 0.1) is 11.4 Å². The zero-order valence-electron chi connectivity index (χ0n) is 15.4. The zero-order chi connectivity index (χ0) is 19.0. The fourth-order valence-corrected chi connectivity index (χ4v) is 3.93. The lowest BCUT2D eigenvalue weighted by molar-refractivity contribution is -0.115. The Morgan fingerprint density at radius 1 is 1.15 bits per heavy atom. The van der Waals surface area contributed by atoms with E-state index >= 15 is 0 Å². The molecule has 2 aliphatic rings. The second-order valence-corrected chi connectivity index (χ2v) is 7.34. The number of anilines is 2. The van der Waals surface area contributed by atoms with Gasteiger partial charge in [-0.2, -0.15) is 0 Å². The highest BCUT2D eigenvalue weighted by Crippen LogP contribution is 2.31. The molecule has 0 spiro atoms. The molecule has 2 aromatic carbocycles. The summed E-state index contributed by atoms with van der Waals surface area (Å²) in [7, 11) is 1.95. The quantitative estimate of drug-likeness (QED) is 0.855. The Morgan fingerprint density at radius 2 is 1.93 bits per heavy atom. The monoisotopic (exact) mass is 364 g/mol. The number of carbonyl (C=O) groups is 2. The molecule has 2 aromatic rings. The molecule has 2 heterocycles. The summed E-state index contributed by atoms with van der Waals surface area (Å²) in [4.78, 5) is 28.8. The average molecular weight is 364 g/mol. The van der Waals surface area contributed by atoms with Crippen molar-refractivity contribution >= 4 is 23.2 Å². The molecular formula is C21H24N4O2. The molecular weight excluding hydrogens is 340 g/mol. The van der Waals surface area contributed by atoms with Crippen LogP contribution in [0.4, 0.5) is 11.4 Å². The van der Waals surface area contributed by atoms with Crippen LogP contribution in [-0.2, 0) is 4.79 Å². The maximum atomic E-state index is 13.0. The Morgan fingerprint density at radius 3 is 2.70 bits per heavy atom. The molecule has 1 fully saturated rings. The Labute approximate surface area is 158 Å². The first-order chi connectivity index (χ1) is 13.0. The molecule has 140 valence electrons. The van der Waals surface area contributed by atoms with Crippen molar-refractivity contribution in [1.29, 1.82) is 0 Å². The average Bonchev–Trinajstić information content (AvgIpc) is 3.01. The highest BCUT2D eigenvalue weighted by atomic mass is 16.2. The molecule has 1 saturated heterocycles. The number of fused-ring (bicyclic) bond motifs is 1. The number of nitrogens with two attached hydrogens (primary N) is 1. The molecule has 2 atom stereocenters. The molecule has 27 heavy (non-hydrogen) atoms. The largest absolute Gasteiger partial charge is 0.372 e. The van der Waals surface area contributed by atoms with Crippen LogP contribution in [0.3, 0.4) is 0 Å². The summed E-state index contributed by atoms with van der Waals surface area (Å²) in [5, 5.41) is 2.91. The number of amides is 2. The van der Waals surface area contributed by atoms with Gasteiger partial charge in [0.25, 0.3) is 5.91 Å². The lowest BCUT2D eigenvalue weighted by atomic mass is 9.95. The van der Waals surface area contributed by atoms with E-state index in [1.54, 1.807) is 6.07 Å². The zero-order valence-corrected chi connectivity index (χ0v) is 15.4. The molecule has 0 saturated carbocycles. The van der Waals surface area contributed by atoms with Crippen LogP contribution in [0, 0.1) is 0 Å². The molecule has 0 unspecified atom stereocenters. The van der Waals surface area contributed by atoms with Gasteiger partial charge in [0, 0.05) is 50.6 Å². The van der Waals surface area contributed by atoms with E-state index in [-0.39, 0.29) is 23.8 Å². The standard InChI is InChI=1S/C21H24N4O2/c1-24-10-9-20(26)23-18-11-15(7-8-19(18)24)21(27)25-12-16(17(22)13-25)14-5-3-2-4-6-14/h2-8,11,16-17H,9-10,12-13,22H2,1H3,(H,23,26)/t16-,17+/m0/s1. The summed E-state index contributed by atoms with van der Waals surface area (Å²) in [6, 6.07) is 15.5. The summed E-state index contributed by atoms with van der Waals surface area (Å²) in [6.07, 6.45) is 0.439. The first-order valence-corrected chi connectivity index (χ1v) is 9.28. The lowest BCUT2D eigenvalue weighted by Gasteiger charge is -2.20. The van der Waals surface area contributed by atoms with Crippen LogP contribution >= 0.6 is 0 Å². The van der Waals surface area contributed by atoms with Crippen molar-refractivity contribution in [1.82, 2.24) is 4.90 Å². The van der Waals surface area contributed by atoms with Crippen LogP contribution in [0.1, 0.15) is 28.3 Å². The van der Waals surface area contributed by atoms with Crippen LogP contribution in [-0.4, -0.2) is 49.4 Å². The molecule has 4 rings (SSSR count). The first-order valence-electron chi connectivity index (χ1n) is 9.28. The molecule has 0 aliphatic carbocycles. The minimum absolute atomic E-state index is 0.0301. The SMILES string of the molecule is CN1CCC(=O)Nc2cc(C(=O)N3C[C@@H](N)[C@H](c4ccccc4)C3)ccc21. The highest BCUT2D eigenvalue weighted by Gasteiger charge is 2.34. The highest BCUT2D eigenvalue weighted by molar-refractivity contribution is 6.01. The second kappa shape index (κ2) is 7.04. The number of hydrogen-bond donors (Lipinski definition) is 2. The Hall–Kier alpha value is -2.86. The number of rotatable bonds is 2. The summed E-state index contributed by atoms with van der Waals surface area (Å²) in [5.74, 6) is 0.0622. The van der Waals surface area contributed by atoms with Gasteiger partial charge in [0.15, 0.2) is 0 Å². The van der Waals surface area contributed by atoms with Crippen molar-refractivity contribution < 1.29 is 9.59 Å². The first kappa shape index (κ1) is 17.5. The summed E-state index contributed by atoms with van der Waals surface area (Å²) >= 11 is 0. The summed E-state index contributed by atoms with van der Waals surface area (Å²) < 4.78 is 0. The minimum atomic E-state index is -0.0805. The predicted molar refractivity (Wildman–Crippen MR) is 106 cm³/mol. The van der Waals surface area contributed by atoms with Gasteiger partial charge in [-0.25, -0.2) is 0 Å². The van der Waals surface area contributed by atoms with Gasteiger partial charge in [-0.1, -0.05) is 30.3 Å². The lowest BCUT2D eigenvalue weighted by Crippen LogP contribution is -2.32. The third-order valence-electron chi connectivity index (χ3n) is 5.48. The van der Waals surface area contributed by atoms with Gasteiger partial charge < -0.3 is 20.9 Å². The van der Waals surface area contributed by atoms with E-state index in [1.165, 1.54) is 0 Å². The molecule has 2 amide bonds. The molecule has 0 radical (unpaired) electrons. The van der Waals surface area contributed by atoms with E-state index in [1.807, 2.05) is 47.2 Å². The van der Waals surface area contributed by atoms with E-state index < -0.39 is 0 Å². The number of carbonyl (C=O) groups excluding carboxylic acids is 2. The molecule has 6 nitrogen and oxygen atoms in total. The molecule has 0 aromatic heterocycles. The maximum Gasteiger partial charge on any atom is 0.254 e. The van der Waals surface area contributed by atoms with E-state index in [4.69, 9.17) is 5.73 Å². The smallest absolute Gasteiger partial charge is 0.254 e. The van der Waals surface area contributed by atoms with Gasteiger partial charge in [-0.3, -0.25) is 9.59 Å². The van der Waals surface area contributed by atoms with Crippen LogP contribution < -0.4 is 16.0 Å². The second-order valence-electron chi connectivity index (χ2n) is 7.34. The number of nitrogens with zero attached hydrogens (tertiary/aromatic N) is 2.